The molecule has 1 saturated heterocycles. The van der Waals surface area contributed by atoms with Crippen molar-refractivity contribution in [1.82, 2.24) is 9.80 Å². The SMILES string of the molecule is Cc1ccccc1C1(C)CCN(CC(O)CN2C(=O)c3ccccc3C2=O)CC1. The first kappa shape index (κ1) is 19.8. The van der Waals surface area contributed by atoms with E-state index in [9.17, 15) is 14.7 Å². The number of nitrogens with zero attached hydrogens (tertiary/aromatic N) is 2. The highest BCUT2D eigenvalue weighted by atomic mass is 16.3. The molecule has 0 radical (unpaired) electrons. The summed E-state index contributed by atoms with van der Waals surface area (Å²) in [5, 5.41) is 10.6. The fourth-order valence-electron chi connectivity index (χ4n) is 4.72. The van der Waals surface area contributed by atoms with Gasteiger partial charge >= 0.3 is 0 Å². The van der Waals surface area contributed by atoms with Crippen molar-refractivity contribution < 1.29 is 14.7 Å². The van der Waals surface area contributed by atoms with Crippen LogP contribution >= 0.6 is 0 Å². The van der Waals surface area contributed by atoms with E-state index in [-0.39, 0.29) is 23.8 Å². The van der Waals surface area contributed by atoms with E-state index >= 15 is 0 Å². The highest BCUT2D eigenvalue weighted by molar-refractivity contribution is 6.21. The fourth-order valence-corrected chi connectivity index (χ4v) is 4.72. The maximum atomic E-state index is 12.5. The van der Waals surface area contributed by atoms with Crippen molar-refractivity contribution in [3.8, 4) is 0 Å². The topological polar surface area (TPSA) is 60.9 Å². The molecule has 5 nitrogen and oxygen atoms in total. The number of rotatable bonds is 5. The summed E-state index contributed by atoms with van der Waals surface area (Å²) in [5.41, 5.74) is 3.74. The number of carbonyl (C=O) groups excluding carboxylic acids is 2. The van der Waals surface area contributed by atoms with Crippen LogP contribution in [0.5, 0.6) is 0 Å². The van der Waals surface area contributed by atoms with Crippen molar-refractivity contribution in [3.63, 3.8) is 0 Å². The van der Waals surface area contributed by atoms with Crippen LogP contribution in [-0.2, 0) is 5.41 Å². The van der Waals surface area contributed by atoms with Gasteiger partial charge in [-0.3, -0.25) is 14.5 Å². The molecule has 152 valence electrons. The van der Waals surface area contributed by atoms with Gasteiger partial charge in [-0.1, -0.05) is 43.3 Å². The van der Waals surface area contributed by atoms with E-state index < -0.39 is 6.10 Å². The summed E-state index contributed by atoms with van der Waals surface area (Å²) < 4.78 is 0. The van der Waals surface area contributed by atoms with Gasteiger partial charge in [0.15, 0.2) is 0 Å². The van der Waals surface area contributed by atoms with Gasteiger partial charge in [-0.05, 0) is 61.5 Å². The number of β-amino-alcohol motifs (C(OH)–C–C–N with tert-alkyl or cyclic N) is 1. The van der Waals surface area contributed by atoms with E-state index in [4.69, 9.17) is 0 Å². The first-order chi connectivity index (χ1) is 13.9. The van der Waals surface area contributed by atoms with Crippen LogP contribution in [0.2, 0.25) is 0 Å². The minimum absolute atomic E-state index is 0.0396. The Morgan fingerprint density at radius 1 is 0.931 bits per heavy atom. The number of aliphatic hydroxyl groups excluding tert-OH is 1. The largest absolute Gasteiger partial charge is 0.390 e. The summed E-state index contributed by atoms with van der Waals surface area (Å²) in [6, 6.07) is 15.4. The summed E-state index contributed by atoms with van der Waals surface area (Å²) >= 11 is 0. The number of amides is 2. The number of carbonyl (C=O) groups is 2. The summed E-state index contributed by atoms with van der Waals surface area (Å²) in [5.74, 6) is -0.620. The van der Waals surface area contributed by atoms with Gasteiger partial charge in [-0.2, -0.15) is 0 Å². The Morgan fingerprint density at radius 3 is 2.07 bits per heavy atom. The monoisotopic (exact) mass is 392 g/mol. The Morgan fingerprint density at radius 2 is 1.48 bits per heavy atom. The average molecular weight is 392 g/mol. The maximum Gasteiger partial charge on any atom is 0.261 e. The minimum atomic E-state index is -0.750. The molecule has 2 heterocycles. The van der Waals surface area contributed by atoms with Crippen molar-refractivity contribution in [2.45, 2.75) is 38.2 Å². The zero-order valence-electron chi connectivity index (χ0n) is 17.1. The van der Waals surface area contributed by atoms with Crippen molar-refractivity contribution in [2.24, 2.45) is 0 Å². The lowest BCUT2D eigenvalue weighted by Crippen LogP contribution is -2.47. The molecule has 0 aromatic heterocycles. The molecule has 1 fully saturated rings. The molecule has 1 atom stereocenters. The van der Waals surface area contributed by atoms with Gasteiger partial charge in [0.2, 0.25) is 0 Å². The number of fused-ring (bicyclic) bond motifs is 1. The Bertz CT molecular complexity index is 896. The van der Waals surface area contributed by atoms with Gasteiger partial charge < -0.3 is 10.0 Å². The van der Waals surface area contributed by atoms with Crippen LogP contribution in [-0.4, -0.2) is 59.0 Å². The Kier molecular flexibility index (Phi) is 5.28. The van der Waals surface area contributed by atoms with E-state index in [1.54, 1.807) is 24.3 Å². The molecule has 2 aliphatic heterocycles. The molecule has 1 unspecified atom stereocenters. The molecular weight excluding hydrogens is 364 g/mol. The number of piperidine rings is 1. The van der Waals surface area contributed by atoms with Crippen LogP contribution in [0.3, 0.4) is 0 Å². The minimum Gasteiger partial charge on any atom is -0.390 e. The van der Waals surface area contributed by atoms with Crippen LogP contribution in [0.15, 0.2) is 48.5 Å². The third-order valence-corrected chi connectivity index (χ3v) is 6.50. The van der Waals surface area contributed by atoms with E-state index in [1.807, 2.05) is 0 Å². The summed E-state index contributed by atoms with van der Waals surface area (Å²) in [6.07, 6.45) is 1.30. The lowest BCUT2D eigenvalue weighted by Gasteiger charge is -2.41. The molecule has 29 heavy (non-hydrogen) atoms. The van der Waals surface area contributed by atoms with E-state index in [0.717, 1.165) is 25.9 Å². The molecular formula is C24H28N2O3. The molecule has 2 aromatic rings. The molecule has 2 aliphatic rings. The van der Waals surface area contributed by atoms with E-state index in [2.05, 4.69) is 43.0 Å². The predicted octanol–water partition coefficient (Wildman–Crippen LogP) is 3.01. The Balaban J connectivity index is 1.34. The summed E-state index contributed by atoms with van der Waals surface area (Å²) in [4.78, 5) is 28.4. The smallest absolute Gasteiger partial charge is 0.261 e. The zero-order valence-corrected chi connectivity index (χ0v) is 17.1. The second kappa shape index (κ2) is 7.73. The molecule has 0 saturated carbocycles. The standard InChI is InChI=1S/C24H28N2O3/c1-17-7-3-6-10-21(17)24(2)11-13-25(14-12-24)15-18(27)16-26-22(28)19-8-4-5-9-20(19)23(26)29/h3-10,18,27H,11-16H2,1-2H3. The van der Waals surface area contributed by atoms with Crippen LogP contribution in [0, 0.1) is 6.92 Å². The second-order valence-corrected chi connectivity index (χ2v) is 8.60. The summed E-state index contributed by atoms with van der Waals surface area (Å²) in [7, 11) is 0. The van der Waals surface area contributed by atoms with Gasteiger partial charge in [0.05, 0.1) is 23.8 Å². The first-order valence-electron chi connectivity index (χ1n) is 10.3. The van der Waals surface area contributed by atoms with Gasteiger partial charge in [0.1, 0.15) is 0 Å². The van der Waals surface area contributed by atoms with Crippen LogP contribution < -0.4 is 0 Å². The molecule has 0 bridgehead atoms. The fraction of sp³-hybridized carbons (Fsp3) is 0.417. The van der Waals surface area contributed by atoms with Crippen LogP contribution in [0.1, 0.15) is 51.6 Å². The van der Waals surface area contributed by atoms with Gasteiger partial charge in [-0.25, -0.2) is 0 Å². The molecule has 5 heteroatoms. The maximum absolute atomic E-state index is 12.5. The van der Waals surface area contributed by atoms with Crippen LogP contribution in [0.4, 0.5) is 0 Å². The molecule has 1 N–H and O–H groups in total. The van der Waals surface area contributed by atoms with Crippen molar-refractivity contribution in [2.75, 3.05) is 26.2 Å². The van der Waals surface area contributed by atoms with E-state index in [1.165, 1.54) is 16.0 Å². The Labute approximate surface area is 171 Å². The number of hydrogen-bond acceptors (Lipinski definition) is 4. The number of likely N-dealkylation sites (tertiary alicyclic amines) is 1. The lowest BCUT2D eigenvalue weighted by atomic mass is 9.73. The lowest BCUT2D eigenvalue weighted by molar-refractivity contribution is 0.0425. The number of hydrogen-bond donors (Lipinski definition) is 1. The summed E-state index contributed by atoms with van der Waals surface area (Å²) in [6.45, 7) is 6.78. The zero-order chi connectivity index (χ0) is 20.6. The second-order valence-electron chi connectivity index (χ2n) is 8.60. The van der Waals surface area contributed by atoms with Crippen molar-refractivity contribution >= 4 is 11.8 Å². The quantitative estimate of drug-likeness (QED) is 0.795. The average Bonchev–Trinajstić information content (AvgIpc) is 2.95. The van der Waals surface area contributed by atoms with Gasteiger partial charge in [-0.15, -0.1) is 0 Å². The number of benzene rings is 2. The highest BCUT2D eigenvalue weighted by Crippen LogP contribution is 2.36. The van der Waals surface area contributed by atoms with Crippen molar-refractivity contribution in [1.29, 1.82) is 0 Å². The number of imide groups is 1. The van der Waals surface area contributed by atoms with Crippen LogP contribution in [0.25, 0.3) is 0 Å². The predicted molar refractivity (Wildman–Crippen MR) is 112 cm³/mol. The molecule has 4 rings (SSSR count). The van der Waals surface area contributed by atoms with Gasteiger partial charge in [0, 0.05) is 6.54 Å². The highest BCUT2D eigenvalue weighted by Gasteiger charge is 2.37. The Hall–Kier alpha value is -2.50. The molecule has 0 aliphatic carbocycles. The first-order valence-corrected chi connectivity index (χ1v) is 10.3. The molecule has 2 aromatic carbocycles. The normalized spacial score (nSPS) is 20.0. The third-order valence-electron chi connectivity index (χ3n) is 6.50. The number of aliphatic hydroxyl groups is 1. The third kappa shape index (κ3) is 3.72. The number of aryl methyl sites for hydroxylation is 1. The van der Waals surface area contributed by atoms with E-state index in [0.29, 0.717) is 17.7 Å². The van der Waals surface area contributed by atoms with Gasteiger partial charge in [0.25, 0.3) is 11.8 Å². The molecule has 2 amide bonds. The van der Waals surface area contributed by atoms with Crippen molar-refractivity contribution in [3.05, 3.63) is 70.8 Å². The molecule has 0 spiro atoms.